The second-order valence-electron chi connectivity index (χ2n) is 3.60. The molecule has 0 radical (unpaired) electrons. The van der Waals surface area contributed by atoms with Gasteiger partial charge in [-0.05, 0) is 13.2 Å². The highest BCUT2D eigenvalue weighted by molar-refractivity contribution is 7.98. The van der Waals surface area contributed by atoms with Crippen molar-refractivity contribution >= 4 is 23.1 Å². The highest BCUT2D eigenvalue weighted by Gasteiger charge is 2.10. The van der Waals surface area contributed by atoms with Crippen molar-refractivity contribution in [3.05, 3.63) is 28.5 Å². The van der Waals surface area contributed by atoms with Gasteiger partial charge in [-0.1, -0.05) is 11.8 Å². The van der Waals surface area contributed by atoms with E-state index < -0.39 is 0 Å². The smallest absolute Gasteiger partial charge is 0.168 e. The summed E-state index contributed by atoms with van der Waals surface area (Å²) >= 11 is 3.28. The van der Waals surface area contributed by atoms with Gasteiger partial charge in [-0.25, -0.2) is 9.97 Å². The third kappa shape index (κ3) is 2.88. The molecular formula is C11H15N3OS2. The Labute approximate surface area is 109 Å². The summed E-state index contributed by atoms with van der Waals surface area (Å²) < 4.78 is 7.35. The molecule has 0 aromatic carbocycles. The molecule has 0 N–H and O–H groups in total. The van der Waals surface area contributed by atoms with Gasteiger partial charge >= 0.3 is 0 Å². The lowest BCUT2D eigenvalue weighted by atomic mass is 10.4. The maximum Gasteiger partial charge on any atom is 0.168 e. The van der Waals surface area contributed by atoms with Crippen LogP contribution in [0, 0.1) is 0 Å². The summed E-state index contributed by atoms with van der Waals surface area (Å²) in [6, 6.07) is 0. The molecule has 0 aliphatic rings. The van der Waals surface area contributed by atoms with Crippen LogP contribution in [0.25, 0.3) is 0 Å². The monoisotopic (exact) mass is 269 g/mol. The first-order valence-corrected chi connectivity index (χ1v) is 7.37. The van der Waals surface area contributed by atoms with Crippen molar-refractivity contribution in [3.63, 3.8) is 0 Å². The Bertz CT molecular complexity index is 481. The fraction of sp³-hybridized carbons (Fsp3) is 0.455. The van der Waals surface area contributed by atoms with Gasteiger partial charge in [0.15, 0.2) is 5.16 Å². The van der Waals surface area contributed by atoms with E-state index >= 15 is 0 Å². The zero-order valence-corrected chi connectivity index (χ0v) is 11.7. The lowest BCUT2D eigenvalue weighted by molar-refractivity contribution is 0.119. The molecule has 0 aliphatic heterocycles. The van der Waals surface area contributed by atoms with Gasteiger partial charge < -0.3 is 9.30 Å². The minimum atomic E-state index is 0.0663. The quantitative estimate of drug-likeness (QED) is 0.783. The Hall–Kier alpha value is -0.850. The van der Waals surface area contributed by atoms with E-state index in [0.29, 0.717) is 0 Å². The summed E-state index contributed by atoms with van der Waals surface area (Å²) in [6.07, 6.45) is 5.89. The van der Waals surface area contributed by atoms with E-state index in [0.717, 1.165) is 22.4 Å². The van der Waals surface area contributed by atoms with E-state index in [-0.39, 0.29) is 6.10 Å². The number of hydrogen-bond acceptors (Lipinski definition) is 5. The SMILES string of the molecule is CO[C@@H](C)c1nc(Cn2ccnc2SC)cs1. The first-order valence-electron chi connectivity index (χ1n) is 5.26. The fourth-order valence-corrected chi connectivity index (χ4v) is 2.83. The van der Waals surface area contributed by atoms with Gasteiger partial charge in [0.25, 0.3) is 0 Å². The van der Waals surface area contributed by atoms with Gasteiger partial charge in [-0.3, -0.25) is 0 Å². The second-order valence-corrected chi connectivity index (χ2v) is 5.26. The minimum absolute atomic E-state index is 0.0663. The number of imidazole rings is 1. The number of ether oxygens (including phenoxy) is 1. The van der Waals surface area contributed by atoms with Gasteiger partial charge in [-0.15, -0.1) is 11.3 Å². The fourth-order valence-electron chi connectivity index (χ4n) is 1.46. The van der Waals surface area contributed by atoms with Crippen molar-refractivity contribution in [3.8, 4) is 0 Å². The third-order valence-electron chi connectivity index (χ3n) is 2.46. The largest absolute Gasteiger partial charge is 0.375 e. The van der Waals surface area contributed by atoms with Crippen LogP contribution in [-0.4, -0.2) is 27.9 Å². The number of nitrogens with zero attached hydrogens (tertiary/aromatic N) is 3. The molecule has 0 saturated heterocycles. The van der Waals surface area contributed by atoms with E-state index in [2.05, 4.69) is 19.9 Å². The first-order chi connectivity index (χ1) is 8.24. The van der Waals surface area contributed by atoms with E-state index in [1.165, 1.54) is 0 Å². The molecule has 4 nitrogen and oxygen atoms in total. The van der Waals surface area contributed by atoms with Crippen molar-refractivity contribution in [2.45, 2.75) is 24.7 Å². The molecule has 17 heavy (non-hydrogen) atoms. The van der Waals surface area contributed by atoms with Crippen molar-refractivity contribution in [1.29, 1.82) is 0 Å². The molecule has 0 saturated carbocycles. The highest BCUT2D eigenvalue weighted by atomic mass is 32.2. The molecule has 92 valence electrons. The molecule has 0 unspecified atom stereocenters. The molecule has 2 rings (SSSR count). The molecule has 6 heteroatoms. The van der Waals surface area contributed by atoms with Crippen LogP contribution < -0.4 is 0 Å². The standard InChI is InChI=1S/C11H15N3OS2/c1-8(15-2)10-13-9(7-17-10)6-14-5-4-12-11(14)16-3/h4-5,7-8H,6H2,1-3H3/t8-/m0/s1. The average Bonchev–Trinajstić information content (AvgIpc) is 2.97. The predicted octanol–water partition coefficient (Wildman–Crippen LogP) is 2.82. The highest BCUT2D eigenvalue weighted by Crippen LogP contribution is 2.21. The number of thioether (sulfide) groups is 1. The van der Waals surface area contributed by atoms with Crippen LogP contribution in [-0.2, 0) is 11.3 Å². The minimum Gasteiger partial charge on any atom is -0.375 e. The molecular weight excluding hydrogens is 254 g/mol. The molecule has 0 bridgehead atoms. The van der Waals surface area contributed by atoms with Crippen LogP contribution in [0.15, 0.2) is 22.9 Å². The van der Waals surface area contributed by atoms with Crippen LogP contribution in [0.5, 0.6) is 0 Å². The van der Waals surface area contributed by atoms with Crippen LogP contribution >= 0.6 is 23.1 Å². The maximum atomic E-state index is 5.25. The number of methoxy groups -OCH3 is 1. The van der Waals surface area contributed by atoms with Gasteiger partial charge in [0, 0.05) is 24.9 Å². The van der Waals surface area contributed by atoms with Crippen LogP contribution in [0.1, 0.15) is 23.7 Å². The van der Waals surface area contributed by atoms with Crippen molar-refractivity contribution in [1.82, 2.24) is 14.5 Å². The Morgan fingerprint density at radius 1 is 1.59 bits per heavy atom. The lowest BCUT2D eigenvalue weighted by Gasteiger charge is -2.05. The average molecular weight is 269 g/mol. The Morgan fingerprint density at radius 2 is 2.41 bits per heavy atom. The molecule has 2 aromatic rings. The van der Waals surface area contributed by atoms with Crippen LogP contribution in [0.4, 0.5) is 0 Å². The molecule has 2 heterocycles. The summed E-state index contributed by atoms with van der Waals surface area (Å²) in [6.45, 7) is 2.77. The second kappa shape index (κ2) is 5.66. The molecule has 0 amide bonds. The molecule has 1 atom stereocenters. The lowest BCUT2D eigenvalue weighted by Crippen LogP contribution is -2.01. The van der Waals surface area contributed by atoms with E-state index in [4.69, 9.17) is 4.74 Å². The van der Waals surface area contributed by atoms with Crippen molar-refractivity contribution in [2.24, 2.45) is 0 Å². The maximum absolute atomic E-state index is 5.25. The topological polar surface area (TPSA) is 39.9 Å². The van der Waals surface area contributed by atoms with E-state index in [1.807, 2.05) is 25.6 Å². The summed E-state index contributed by atoms with van der Waals surface area (Å²) in [5, 5.41) is 4.11. The van der Waals surface area contributed by atoms with Gasteiger partial charge in [-0.2, -0.15) is 0 Å². The van der Waals surface area contributed by atoms with Crippen molar-refractivity contribution in [2.75, 3.05) is 13.4 Å². The first kappa shape index (κ1) is 12.6. The Morgan fingerprint density at radius 3 is 3.12 bits per heavy atom. The summed E-state index contributed by atoms with van der Waals surface area (Å²) in [7, 11) is 1.70. The zero-order chi connectivity index (χ0) is 12.3. The predicted molar refractivity (Wildman–Crippen MR) is 70.6 cm³/mol. The normalized spacial score (nSPS) is 12.9. The van der Waals surface area contributed by atoms with Crippen LogP contribution in [0.3, 0.4) is 0 Å². The van der Waals surface area contributed by atoms with Gasteiger partial charge in [0.1, 0.15) is 11.1 Å². The zero-order valence-electron chi connectivity index (χ0n) is 10.1. The number of thiazole rings is 1. The summed E-state index contributed by atoms with van der Waals surface area (Å²) in [5.41, 5.74) is 1.06. The van der Waals surface area contributed by atoms with Gasteiger partial charge in [0.2, 0.25) is 0 Å². The van der Waals surface area contributed by atoms with Gasteiger partial charge in [0.05, 0.1) is 12.2 Å². The molecule has 0 aliphatic carbocycles. The molecule has 2 aromatic heterocycles. The van der Waals surface area contributed by atoms with E-state index in [9.17, 15) is 0 Å². The number of aromatic nitrogens is 3. The Kier molecular flexibility index (Phi) is 4.20. The third-order valence-corrected chi connectivity index (χ3v) is 4.22. The summed E-state index contributed by atoms with van der Waals surface area (Å²) in [4.78, 5) is 8.83. The molecule has 0 spiro atoms. The van der Waals surface area contributed by atoms with Crippen LogP contribution in [0.2, 0.25) is 0 Å². The van der Waals surface area contributed by atoms with E-state index in [1.54, 1.807) is 30.2 Å². The summed E-state index contributed by atoms with van der Waals surface area (Å²) in [5.74, 6) is 0. The number of rotatable bonds is 5. The van der Waals surface area contributed by atoms with Crippen molar-refractivity contribution < 1.29 is 4.74 Å². The molecule has 0 fully saturated rings. The number of hydrogen-bond donors (Lipinski definition) is 0. The Balaban J connectivity index is 2.11.